The molecule has 5 aromatic rings. The highest BCUT2D eigenvalue weighted by molar-refractivity contribution is 5.96. The van der Waals surface area contributed by atoms with Gasteiger partial charge in [-0.1, -0.05) is 24.3 Å². The van der Waals surface area contributed by atoms with Crippen LogP contribution < -0.4 is 25.0 Å². The molecule has 9 nitrogen and oxygen atoms in total. The summed E-state index contributed by atoms with van der Waals surface area (Å²) in [7, 11) is 3.23. The number of benzene rings is 3. The molecular weight excluding hydrogens is 480 g/mol. The number of nitrogens with one attached hydrogen (secondary N) is 2. The molecule has 2 N–H and O–H groups in total. The summed E-state index contributed by atoms with van der Waals surface area (Å²) in [5, 5.41) is 9.66. The second-order valence-corrected chi connectivity index (χ2v) is 8.90. The maximum absolute atomic E-state index is 5.56. The zero-order chi connectivity index (χ0) is 25.9. The molecule has 2 aromatic heterocycles. The van der Waals surface area contributed by atoms with Crippen molar-refractivity contribution in [2.24, 2.45) is 0 Å². The maximum Gasteiger partial charge on any atom is 0.230 e. The summed E-state index contributed by atoms with van der Waals surface area (Å²) in [6.45, 7) is 3.28. The lowest BCUT2D eigenvalue weighted by molar-refractivity contribution is 0.122. The Morgan fingerprint density at radius 2 is 1.55 bits per heavy atom. The molecule has 0 atom stereocenters. The van der Waals surface area contributed by atoms with E-state index in [-0.39, 0.29) is 0 Å². The van der Waals surface area contributed by atoms with Crippen molar-refractivity contribution in [1.29, 1.82) is 0 Å². The molecule has 1 fully saturated rings. The second-order valence-electron chi connectivity index (χ2n) is 8.90. The van der Waals surface area contributed by atoms with Crippen molar-refractivity contribution in [3.8, 4) is 11.5 Å². The van der Waals surface area contributed by atoms with Gasteiger partial charge in [0.1, 0.15) is 11.6 Å². The average Bonchev–Trinajstić information content (AvgIpc) is 2.97. The molecule has 1 aliphatic heterocycles. The van der Waals surface area contributed by atoms with Crippen LogP contribution in [-0.4, -0.2) is 55.5 Å². The van der Waals surface area contributed by atoms with Gasteiger partial charge in [-0.3, -0.25) is 0 Å². The molecule has 0 saturated carbocycles. The van der Waals surface area contributed by atoms with Crippen LogP contribution >= 0.6 is 0 Å². The molecule has 192 valence electrons. The number of nitrogens with zero attached hydrogens (tertiary/aromatic N) is 4. The van der Waals surface area contributed by atoms with Crippen molar-refractivity contribution < 1.29 is 14.2 Å². The van der Waals surface area contributed by atoms with E-state index in [1.54, 1.807) is 20.4 Å². The van der Waals surface area contributed by atoms with Crippen molar-refractivity contribution in [2.75, 3.05) is 56.1 Å². The van der Waals surface area contributed by atoms with Gasteiger partial charge in [-0.25, -0.2) is 9.97 Å². The van der Waals surface area contributed by atoms with Crippen LogP contribution in [0.5, 0.6) is 11.5 Å². The quantitative estimate of drug-likeness (QED) is 0.295. The van der Waals surface area contributed by atoms with E-state index in [1.807, 2.05) is 42.5 Å². The number of rotatable bonds is 7. The Morgan fingerprint density at radius 3 is 2.34 bits per heavy atom. The second kappa shape index (κ2) is 10.4. The fourth-order valence-corrected chi connectivity index (χ4v) is 4.65. The van der Waals surface area contributed by atoms with Crippen molar-refractivity contribution in [2.45, 2.75) is 0 Å². The third-order valence-electron chi connectivity index (χ3n) is 6.61. The first kappa shape index (κ1) is 23.7. The number of morpholine rings is 1. The summed E-state index contributed by atoms with van der Waals surface area (Å²) < 4.78 is 16.6. The number of fused-ring (bicyclic) bond motifs is 2. The molecule has 0 radical (unpaired) electrons. The summed E-state index contributed by atoms with van der Waals surface area (Å²) in [5.41, 5.74) is 2.78. The Kier molecular flexibility index (Phi) is 6.49. The fraction of sp³-hybridized carbons (Fsp3) is 0.207. The van der Waals surface area contributed by atoms with Crippen LogP contribution in [0.1, 0.15) is 0 Å². The summed E-state index contributed by atoms with van der Waals surface area (Å²) in [6, 6.07) is 22.1. The van der Waals surface area contributed by atoms with Crippen LogP contribution in [0.3, 0.4) is 0 Å². The Balaban J connectivity index is 1.39. The number of aromatic nitrogens is 3. The molecule has 1 saturated heterocycles. The zero-order valence-corrected chi connectivity index (χ0v) is 21.3. The van der Waals surface area contributed by atoms with Gasteiger partial charge in [0.15, 0.2) is 11.5 Å². The smallest absolute Gasteiger partial charge is 0.230 e. The highest BCUT2D eigenvalue weighted by Crippen LogP contribution is 2.36. The Bertz CT molecular complexity index is 1580. The lowest BCUT2D eigenvalue weighted by atomic mass is 10.1. The third kappa shape index (κ3) is 4.71. The van der Waals surface area contributed by atoms with Gasteiger partial charge in [0.2, 0.25) is 5.95 Å². The van der Waals surface area contributed by atoms with Crippen LogP contribution in [0, 0.1) is 0 Å². The van der Waals surface area contributed by atoms with Crippen molar-refractivity contribution in [1.82, 2.24) is 15.0 Å². The molecule has 0 spiro atoms. The number of anilines is 5. The first-order chi connectivity index (χ1) is 18.7. The Labute approximate surface area is 220 Å². The lowest BCUT2D eigenvalue weighted by Gasteiger charge is -2.29. The molecular formula is C29H28N6O3. The SMILES string of the molecule is COc1cc2nc(Nc3nccc4ccccc34)nc(Nc3ccc(N4CCOCC4)cc3)c2cc1OC. The van der Waals surface area contributed by atoms with Crippen LogP contribution in [0.4, 0.5) is 29.0 Å². The predicted molar refractivity (Wildman–Crippen MR) is 150 cm³/mol. The summed E-state index contributed by atoms with van der Waals surface area (Å²) in [5.74, 6) is 2.93. The summed E-state index contributed by atoms with van der Waals surface area (Å²) in [6.07, 6.45) is 1.77. The number of hydrogen-bond acceptors (Lipinski definition) is 9. The fourth-order valence-electron chi connectivity index (χ4n) is 4.65. The van der Waals surface area contributed by atoms with E-state index >= 15 is 0 Å². The molecule has 9 heteroatoms. The van der Waals surface area contributed by atoms with Crippen LogP contribution in [0.15, 0.2) is 72.9 Å². The van der Waals surface area contributed by atoms with Gasteiger partial charge in [0.05, 0.1) is 33.0 Å². The molecule has 3 aromatic carbocycles. The lowest BCUT2D eigenvalue weighted by Crippen LogP contribution is -2.36. The summed E-state index contributed by atoms with van der Waals surface area (Å²) in [4.78, 5) is 16.5. The number of ether oxygens (including phenoxy) is 3. The number of hydrogen-bond donors (Lipinski definition) is 2. The van der Waals surface area contributed by atoms with Gasteiger partial charge in [0.25, 0.3) is 0 Å². The maximum atomic E-state index is 5.56. The van der Waals surface area contributed by atoms with Gasteiger partial charge in [0, 0.05) is 47.5 Å². The Hall–Kier alpha value is -4.63. The minimum atomic E-state index is 0.418. The van der Waals surface area contributed by atoms with E-state index < -0.39 is 0 Å². The van der Waals surface area contributed by atoms with E-state index in [2.05, 4.69) is 44.8 Å². The van der Waals surface area contributed by atoms with Crippen LogP contribution in [-0.2, 0) is 4.74 Å². The zero-order valence-electron chi connectivity index (χ0n) is 21.3. The number of methoxy groups -OCH3 is 2. The molecule has 0 aliphatic carbocycles. The van der Waals surface area contributed by atoms with Gasteiger partial charge in [-0.15, -0.1) is 0 Å². The normalized spacial score (nSPS) is 13.5. The minimum absolute atomic E-state index is 0.418. The molecule has 6 rings (SSSR count). The molecule has 0 unspecified atom stereocenters. The first-order valence-corrected chi connectivity index (χ1v) is 12.5. The topological polar surface area (TPSA) is 93.7 Å². The van der Waals surface area contributed by atoms with E-state index in [0.717, 1.165) is 48.1 Å². The largest absolute Gasteiger partial charge is 0.493 e. The molecule has 0 bridgehead atoms. The highest BCUT2D eigenvalue weighted by Gasteiger charge is 2.16. The van der Waals surface area contributed by atoms with Gasteiger partial charge < -0.3 is 29.7 Å². The highest BCUT2D eigenvalue weighted by atomic mass is 16.5. The van der Waals surface area contributed by atoms with E-state index in [1.165, 1.54) is 5.69 Å². The van der Waals surface area contributed by atoms with Crippen molar-refractivity contribution >= 4 is 50.6 Å². The average molecular weight is 509 g/mol. The van der Waals surface area contributed by atoms with Gasteiger partial charge in [-0.2, -0.15) is 4.98 Å². The molecule has 0 amide bonds. The third-order valence-corrected chi connectivity index (χ3v) is 6.61. The monoisotopic (exact) mass is 508 g/mol. The van der Waals surface area contributed by atoms with E-state index in [9.17, 15) is 0 Å². The van der Waals surface area contributed by atoms with Crippen LogP contribution in [0.25, 0.3) is 21.7 Å². The number of pyridine rings is 1. The van der Waals surface area contributed by atoms with Crippen LogP contribution in [0.2, 0.25) is 0 Å². The summed E-state index contributed by atoms with van der Waals surface area (Å²) >= 11 is 0. The standard InChI is InChI=1S/C29H28N6O3/c1-36-25-17-23-24(18-26(25)37-2)32-29(33-27-22-6-4-3-5-19(22)11-12-30-27)34-28(23)31-20-7-9-21(10-8-20)35-13-15-38-16-14-35/h3-12,17-18H,13-16H2,1-2H3,(H2,30,31,32,33,34). The Morgan fingerprint density at radius 1 is 0.789 bits per heavy atom. The molecule has 38 heavy (non-hydrogen) atoms. The predicted octanol–water partition coefficient (Wildman–Crippen LogP) is 5.52. The van der Waals surface area contributed by atoms with E-state index in [0.29, 0.717) is 34.6 Å². The first-order valence-electron chi connectivity index (χ1n) is 12.5. The van der Waals surface area contributed by atoms with Crippen molar-refractivity contribution in [3.05, 3.63) is 72.9 Å². The van der Waals surface area contributed by atoms with Crippen molar-refractivity contribution in [3.63, 3.8) is 0 Å². The molecule has 3 heterocycles. The van der Waals surface area contributed by atoms with Gasteiger partial charge >= 0.3 is 0 Å². The van der Waals surface area contributed by atoms with E-state index in [4.69, 9.17) is 24.2 Å². The minimum Gasteiger partial charge on any atom is -0.493 e. The van der Waals surface area contributed by atoms with Gasteiger partial charge in [-0.05, 0) is 41.8 Å². The molecule has 1 aliphatic rings.